The smallest absolute Gasteiger partial charge is 0.227 e. The third-order valence-electron chi connectivity index (χ3n) is 4.62. The summed E-state index contributed by atoms with van der Waals surface area (Å²) in [6.07, 6.45) is 0.666. The van der Waals surface area contributed by atoms with Crippen molar-refractivity contribution in [3.8, 4) is 11.4 Å². The molecule has 0 radical (unpaired) electrons. The zero-order valence-electron chi connectivity index (χ0n) is 16.3. The summed E-state index contributed by atoms with van der Waals surface area (Å²) in [6, 6.07) is 17.6. The van der Waals surface area contributed by atoms with E-state index in [4.69, 9.17) is 10.3 Å². The predicted molar refractivity (Wildman–Crippen MR) is 109 cm³/mol. The highest BCUT2D eigenvalue weighted by Gasteiger charge is 2.12. The minimum atomic E-state index is -0.228. The zero-order chi connectivity index (χ0) is 19.9. The summed E-state index contributed by atoms with van der Waals surface area (Å²) < 4.78 is 5.28. The van der Waals surface area contributed by atoms with Crippen LogP contribution in [0, 0.1) is 0 Å². The quantitative estimate of drug-likeness (QED) is 0.624. The second-order valence-corrected chi connectivity index (χ2v) is 7.11. The Balaban J connectivity index is 1.48. The van der Waals surface area contributed by atoms with Crippen LogP contribution in [0.2, 0.25) is 0 Å². The highest BCUT2D eigenvalue weighted by Crippen LogP contribution is 2.20. The molecule has 0 spiro atoms. The number of carbonyl (C=O) groups excluding carboxylic acids is 1. The molecule has 1 amide bonds. The molecule has 1 aromatic heterocycles. The number of carbonyl (C=O) groups is 1. The third kappa shape index (κ3) is 5.27. The van der Waals surface area contributed by atoms with Crippen LogP contribution < -0.4 is 11.1 Å². The standard InChI is InChI=1S/C22H26N4O2/c1-15(2)16-8-10-18(11-9-16)22-25-21(28-26-22)13-12-20(27)24-14-19(23)17-6-4-3-5-7-17/h3-11,15,19H,12-14,23H2,1-2H3,(H,24,27). The van der Waals surface area contributed by atoms with Gasteiger partial charge in [0.2, 0.25) is 17.6 Å². The molecule has 0 aliphatic carbocycles. The summed E-state index contributed by atoms with van der Waals surface area (Å²) in [7, 11) is 0. The molecule has 0 saturated heterocycles. The van der Waals surface area contributed by atoms with E-state index in [1.54, 1.807) is 0 Å². The lowest BCUT2D eigenvalue weighted by Crippen LogP contribution is -2.32. The molecule has 6 nitrogen and oxygen atoms in total. The number of nitrogens with zero attached hydrogens (tertiary/aromatic N) is 2. The largest absolute Gasteiger partial charge is 0.354 e. The van der Waals surface area contributed by atoms with E-state index >= 15 is 0 Å². The van der Waals surface area contributed by atoms with Gasteiger partial charge in [-0.15, -0.1) is 0 Å². The van der Waals surface area contributed by atoms with Crippen molar-refractivity contribution < 1.29 is 9.32 Å². The lowest BCUT2D eigenvalue weighted by Gasteiger charge is -2.12. The first-order chi connectivity index (χ1) is 13.5. The Hall–Kier alpha value is -2.99. The first-order valence-electron chi connectivity index (χ1n) is 9.53. The second-order valence-electron chi connectivity index (χ2n) is 7.11. The summed E-state index contributed by atoms with van der Waals surface area (Å²) in [5.74, 6) is 1.37. The van der Waals surface area contributed by atoms with Gasteiger partial charge in [0.1, 0.15) is 0 Å². The highest BCUT2D eigenvalue weighted by atomic mass is 16.5. The fraction of sp³-hybridized carbons (Fsp3) is 0.318. The Kier molecular flexibility index (Phi) is 6.55. The summed E-state index contributed by atoms with van der Waals surface area (Å²) >= 11 is 0. The van der Waals surface area contributed by atoms with Crippen LogP contribution in [0.3, 0.4) is 0 Å². The van der Waals surface area contributed by atoms with Gasteiger partial charge in [-0.1, -0.05) is 73.6 Å². The molecule has 0 bridgehead atoms. The van der Waals surface area contributed by atoms with Crippen LogP contribution >= 0.6 is 0 Å². The van der Waals surface area contributed by atoms with Gasteiger partial charge in [0.15, 0.2) is 0 Å². The minimum Gasteiger partial charge on any atom is -0.354 e. The molecule has 3 rings (SSSR count). The second kappa shape index (κ2) is 9.28. The molecule has 2 aromatic carbocycles. The van der Waals surface area contributed by atoms with Gasteiger partial charge in [-0.3, -0.25) is 4.79 Å². The third-order valence-corrected chi connectivity index (χ3v) is 4.62. The molecule has 3 N–H and O–H groups in total. The van der Waals surface area contributed by atoms with Crippen molar-refractivity contribution in [3.63, 3.8) is 0 Å². The highest BCUT2D eigenvalue weighted by molar-refractivity contribution is 5.76. The van der Waals surface area contributed by atoms with Crippen LogP contribution in [0.5, 0.6) is 0 Å². The van der Waals surface area contributed by atoms with E-state index in [2.05, 4.69) is 41.4 Å². The van der Waals surface area contributed by atoms with Gasteiger partial charge in [-0.25, -0.2) is 0 Å². The molecular formula is C22H26N4O2. The van der Waals surface area contributed by atoms with E-state index < -0.39 is 0 Å². The fourth-order valence-corrected chi connectivity index (χ4v) is 2.84. The van der Waals surface area contributed by atoms with Gasteiger partial charge in [0.25, 0.3) is 0 Å². The number of amides is 1. The van der Waals surface area contributed by atoms with E-state index in [0.717, 1.165) is 11.1 Å². The van der Waals surface area contributed by atoms with Gasteiger partial charge in [-0.2, -0.15) is 4.98 Å². The molecule has 1 atom stereocenters. The lowest BCUT2D eigenvalue weighted by molar-refractivity contribution is -0.121. The molecule has 1 heterocycles. The van der Waals surface area contributed by atoms with E-state index in [-0.39, 0.29) is 18.4 Å². The maximum absolute atomic E-state index is 12.1. The average Bonchev–Trinajstić information content (AvgIpc) is 3.20. The van der Waals surface area contributed by atoms with Gasteiger partial charge in [-0.05, 0) is 17.0 Å². The normalized spacial score (nSPS) is 12.1. The summed E-state index contributed by atoms with van der Waals surface area (Å²) in [4.78, 5) is 16.5. The molecule has 3 aromatic rings. The summed E-state index contributed by atoms with van der Waals surface area (Å²) in [5, 5.41) is 6.87. The lowest BCUT2D eigenvalue weighted by atomic mass is 10.0. The van der Waals surface area contributed by atoms with Crippen molar-refractivity contribution in [2.45, 2.75) is 38.6 Å². The molecule has 6 heteroatoms. The number of nitrogens with two attached hydrogens (primary N) is 1. The van der Waals surface area contributed by atoms with Crippen molar-refractivity contribution in [2.24, 2.45) is 5.73 Å². The maximum atomic E-state index is 12.1. The number of nitrogens with one attached hydrogen (secondary N) is 1. The molecule has 1 unspecified atom stereocenters. The molecular weight excluding hydrogens is 352 g/mol. The number of aryl methyl sites for hydroxylation is 1. The number of aromatic nitrogens is 2. The van der Waals surface area contributed by atoms with Crippen LogP contribution in [0.15, 0.2) is 59.1 Å². The molecule has 0 aliphatic heterocycles. The Morgan fingerprint density at radius 1 is 1.07 bits per heavy atom. The van der Waals surface area contributed by atoms with Gasteiger partial charge in [0, 0.05) is 31.0 Å². The number of benzene rings is 2. The van der Waals surface area contributed by atoms with E-state index in [1.807, 2.05) is 42.5 Å². The first-order valence-corrected chi connectivity index (χ1v) is 9.53. The van der Waals surface area contributed by atoms with E-state index in [1.165, 1.54) is 5.56 Å². The van der Waals surface area contributed by atoms with Crippen LogP contribution in [-0.2, 0) is 11.2 Å². The van der Waals surface area contributed by atoms with Gasteiger partial charge >= 0.3 is 0 Å². The van der Waals surface area contributed by atoms with Crippen LogP contribution in [0.25, 0.3) is 11.4 Å². The predicted octanol–water partition coefficient (Wildman–Crippen LogP) is 3.61. The number of hydrogen-bond donors (Lipinski definition) is 2. The average molecular weight is 378 g/mol. The van der Waals surface area contributed by atoms with Crippen LogP contribution in [-0.4, -0.2) is 22.6 Å². The van der Waals surface area contributed by atoms with Crippen molar-refractivity contribution in [3.05, 3.63) is 71.6 Å². The van der Waals surface area contributed by atoms with Crippen molar-refractivity contribution >= 4 is 5.91 Å². The Bertz CT molecular complexity index is 888. The zero-order valence-corrected chi connectivity index (χ0v) is 16.3. The first kappa shape index (κ1) is 19.8. The summed E-state index contributed by atoms with van der Waals surface area (Å²) in [5.41, 5.74) is 9.25. The van der Waals surface area contributed by atoms with Crippen LogP contribution in [0.4, 0.5) is 0 Å². The number of rotatable bonds is 8. The molecule has 0 aliphatic rings. The Morgan fingerprint density at radius 3 is 2.46 bits per heavy atom. The fourth-order valence-electron chi connectivity index (χ4n) is 2.84. The Labute approximate surface area is 165 Å². The minimum absolute atomic E-state index is 0.0904. The van der Waals surface area contributed by atoms with E-state index in [9.17, 15) is 4.79 Å². The van der Waals surface area contributed by atoms with Crippen LogP contribution in [0.1, 0.15) is 49.2 Å². The molecule has 28 heavy (non-hydrogen) atoms. The molecule has 146 valence electrons. The molecule has 0 fully saturated rings. The number of hydrogen-bond acceptors (Lipinski definition) is 5. The molecule has 0 saturated carbocycles. The summed E-state index contributed by atoms with van der Waals surface area (Å²) in [6.45, 7) is 4.69. The van der Waals surface area contributed by atoms with Crippen molar-refractivity contribution in [1.82, 2.24) is 15.5 Å². The Morgan fingerprint density at radius 2 is 1.79 bits per heavy atom. The van der Waals surface area contributed by atoms with Gasteiger partial charge < -0.3 is 15.6 Å². The monoisotopic (exact) mass is 378 g/mol. The van der Waals surface area contributed by atoms with Crippen molar-refractivity contribution in [2.75, 3.05) is 6.54 Å². The van der Waals surface area contributed by atoms with Gasteiger partial charge in [0.05, 0.1) is 0 Å². The topological polar surface area (TPSA) is 94.0 Å². The van der Waals surface area contributed by atoms with Crippen molar-refractivity contribution in [1.29, 1.82) is 0 Å². The van der Waals surface area contributed by atoms with E-state index in [0.29, 0.717) is 30.6 Å². The maximum Gasteiger partial charge on any atom is 0.227 e. The SMILES string of the molecule is CC(C)c1ccc(-c2noc(CCC(=O)NCC(N)c3ccccc3)n2)cc1.